The van der Waals surface area contributed by atoms with Crippen LogP contribution in [0, 0.1) is 24.1 Å². The molecule has 0 unspecified atom stereocenters. The molecule has 152 valence electrons. The second-order valence-electron chi connectivity index (χ2n) is 6.13. The van der Waals surface area contributed by atoms with Gasteiger partial charge >= 0.3 is 6.18 Å². The monoisotopic (exact) mass is 428 g/mol. The molecule has 6 nitrogen and oxygen atoms in total. The number of nitrogens with zero attached hydrogens (tertiary/aromatic N) is 3. The maximum absolute atomic E-state index is 13.6. The number of halogens is 5. The van der Waals surface area contributed by atoms with Crippen molar-refractivity contribution < 1.29 is 27.1 Å². The van der Waals surface area contributed by atoms with Crippen molar-refractivity contribution in [2.24, 2.45) is 0 Å². The first kappa shape index (κ1) is 20.7. The van der Waals surface area contributed by atoms with Crippen molar-refractivity contribution in [3.63, 3.8) is 0 Å². The molecule has 0 saturated heterocycles. The molecule has 3 rings (SSSR count). The number of pyridine rings is 1. The lowest BCUT2D eigenvalue weighted by Gasteiger charge is -2.30. The number of anilines is 2. The summed E-state index contributed by atoms with van der Waals surface area (Å²) >= 11 is 5.77. The maximum atomic E-state index is 13.6. The van der Waals surface area contributed by atoms with E-state index in [1.54, 1.807) is 0 Å². The molecule has 1 amide bonds. The number of hydrogen-bond donors (Lipinski definition) is 1. The minimum atomic E-state index is -4.75. The molecule has 2 heterocycles. The van der Waals surface area contributed by atoms with Crippen LogP contribution in [0.1, 0.15) is 16.8 Å². The van der Waals surface area contributed by atoms with Crippen molar-refractivity contribution in [3.8, 4) is 11.8 Å². The van der Waals surface area contributed by atoms with Gasteiger partial charge in [-0.25, -0.2) is 9.37 Å². The standard InChI is InChI=1S/C18H13ClF4N4O2/c1-9-4-11(18(21,22)23)10(7-24)17(26-9)25-8-16(28)27-2-3-29-15-6-13(20)12(19)5-14(15)27/h4-6H,2-3,8H2,1H3,(H,25,26). The number of carbonyl (C=O) groups is 1. The molecule has 1 aliphatic heterocycles. The molecular formula is C18H13ClF4N4O2. The largest absolute Gasteiger partial charge is 0.489 e. The predicted molar refractivity (Wildman–Crippen MR) is 96.4 cm³/mol. The second kappa shape index (κ2) is 7.75. The third kappa shape index (κ3) is 4.19. The number of hydrogen-bond acceptors (Lipinski definition) is 5. The molecule has 2 aromatic rings. The Kier molecular flexibility index (Phi) is 5.53. The molecule has 0 atom stereocenters. The van der Waals surface area contributed by atoms with E-state index in [0.29, 0.717) is 0 Å². The van der Waals surface area contributed by atoms with E-state index in [4.69, 9.17) is 21.6 Å². The smallest absolute Gasteiger partial charge is 0.417 e. The van der Waals surface area contributed by atoms with Crippen molar-refractivity contribution in [1.29, 1.82) is 5.26 Å². The van der Waals surface area contributed by atoms with Crippen LogP contribution in [0.5, 0.6) is 5.75 Å². The Morgan fingerprint density at radius 3 is 2.79 bits per heavy atom. The Labute approximate surface area is 167 Å². The first-order valence-electron chi connectivity index (χ1n) is 8.27. The third-order valence-corrected chi connectivity index (χ3v) is 4.43. The fourth-order valence-corrected chi connectivity index (χ4v) is 3.02. The van der Waals surface area contributed by atoms with Gasteiger partial charge in [0.25, 0.3) is 0 Å². The van der Waals surface area contributed by atoms with Gasteiger partial charge in [0.15, 0.2) is 0 Å². The Morgan fingerprint density at radius 2 is 2.14 bits per heavy atom. The number of alkyl halides is 3. The molecule has 1 aromatic carbocycles. The molecular weight excluding hydrogens is 416 g/mol. The van der Waals surface area contributed by atoms with Crippen LogP contribution in [0.15, 0.2) is 18.2 Å². The summed E-state index contributed by atoms with van der Waals surface area (Å²) in [5.41, 5.74) is -1.57. The SMILES string of the molecule is Cc1cc(C(F)(F)F)c(C#N)c(NCC(=O)N2CCOc3cc(F)c(Cl)cc32)n1. The van der Waals surface area contributed by atoms with Crippen molar-refractivity contribution >= 4 is 29.0 Å². The molecule has 0 bridgehead atoms. The lowest BCUT2D eigenvalue weighted by atomic mass is 10.1. The summed E-state index contributed by atoms with van der Waals surface area (Å²) in [7, 11) is 0. The highest BCUT2D eigenvalue weighted by atomic mass is 35.5. The van der Waals surface area contributed by atoms with E-state index >= 15 is 0 Å². The fourth-order valence-electron chi connectivity index (χ4n) is 2.86. The number of ether oxygens (including phenoxy) is 1. The first-order valence-corrected chi connectivity index (χ1v) is 8.64. The zero-order valence-electron chi connectivity index (χ0n) is 14.9. The highest BCUT2D eigenvalue weighted by Gasteiger charge is 2.36. The van der Waals surface area contributed by atoms with E-state index in [2.05, 4.69) is 10.3 Å². The fraction of sp³-hybridized carbons (Fsp3) is 0.278. The highest BCUT2D eigenvalue weighted by molar-refractivity contribution is 6.31. The summed E-state index contributed by atoms with van der Waals surface area (Å²) < 4.78 is 58.5. The van der Waals surface area contributed by atoms with Crippen LogP contribution in [0.25, 0.3) is 0 Å². The molecule has 29 heavy (non-hydrogen) atoms. The molecule has 0 saturated carbocycles. The van der Waals surface area contributed by atoms with Gasteiger partial charge in [-0.1, -0.05) is 11.6 Å². The van der Waals surface area contributed by atoms with Crippen molar-refractivity contribution in [2.75, 3.05) is 29.9 Å². The zero-order valence-corrected chi connectivity index (χ0v) is 15.7. The van der Waals surface area contributed by atoms with E-state index < -0.39 is 35.6 Å². The average molecular weight is 429 g/mol. The van der Waals surface area contributed by atoms with Gasteiger partial charge in [0.05, 0.1) is 29.4 Å². The Hall–Kier alpha value is -3.06. The van der Waals surface area contributed by atoms with Crippen LogP contribution >= 0.6 is 11.6 Å². The summed E-state index contributed by atoms with van der Waals surface area (Å²) in [5.74, 6) is -1.48. The molecule has 0 radical (unpaired) electrons. The van der Waals surface area contributed by atoms with Gasteiger partial charge in [0.2, 0.25) is 5.91 Å². The van der Waals surface area contributed by atoms with Crippen molar-refractivity contribution in [2.45, 2.75) is 13.1 Å². The van der Waals surface area contributed by atoms with E-state index in [-0.39, 0.29) is 41.1 Å². The number of amides is 1. The number of fused-ring (bicyclic) bond motifs is 1. The molecule has 11 heteroatoms. The number of aryl methyl sites for hydroxylation is 1. The molecule has 1 aromatic heterocycles. The van der Waals surface area contributed by atoms with Crippen LogP contribution < -0.4 is 15.0 Å². The van der Waals surface area contributed by atoms with Crippen LogP contribution in [0.4, 0.5) is 29.1 Å². The summed E-state index contributed by atoms with van der Waals surface area (Å²) in [5, 5.41) is 11.5. The minimum Gasteiger partial charge on any atom is -0.489 e. The maximum Gasteiger partial charge on any atom is 0.417 e. The summed E-state index contributed by atoms with van der Waals surface area (Å²) in [6.45, 7) is 1.13. The number of benzene rings is 1. The normalized spacial score (nSPS) is 13.3. The van der Waals surface area contributed by atoms with E-state index in [9.17, 15) is 22.4 Å². The predicted octanol–water partition coefficient (Wildman–Crippen LogP) is 3.91. The van der Waals surface area contributed by atoms with Gasteiger partial charge in [-0.2, -0.15) is 18.4 Å². The average Bonchev–Trinajstić information content (AvgIpc) is 2.65. The molecule has 0 spiro atoms. The van der Waals surface area contributed by atoms with Gasteiger partial charge < -0.3 is 15.0 Å². The van der Waals surface area contributed by atoms with Crippen LogP contribution in [-0.2, 0) is 11.0 Å². The van der Waals surface area contributed by atoms with Gasteiger partial charge in [-0.3, -0.25) is 4.79 Å². The highest BCUT2D eigenvalue weighted by Crippen LogP contribution is 2.36. The zero-order chi connectivity index (χ0) is 21.3. The number of aromatic nitrogens is 1. The summed E-state index contributed by atoms with van der Waals surface area (Å²) in [4.78, 5) is 17.8. The van der Waals surface area contributed by atoms with Gasteiger partial charge in [0, 0.05) is 11.8 Å². The van der Waals surface area contributed by atoms with Gasteiger partial charge in [-0.15, -0.1) is 0 Å². The van der Waals surface area contributed by atoms with Gasteiger partial charge in [0.1, 0.15) is 35.6 Å². The van der Waals surface area contributed by atoms with Gasteiger partial charge in [-0.05, 0) is 19.1 Å². The van der Waals surface area contributed by atoms with Crippen molar-refractivity contribution in [1.82, 2.24) is 4.98 Å². The Balaban J connectivity index is 1.85. The molecule has 0 aliphatic carbocycles. The summed E-state index contributed by atoms with van der Waals surface area (Å²) in [6, 6.07) is 4.53. The molecule has 0 fully saturated rings. The molecule has 1 N–H and O–H groups in total. The third-order valence-electron chi connectivity index (χ3n) is 4.14. The van der Waals surface area contributed by atoms with E-state index in [1.807, 2.05) is 0 Å². The number of carbonyl (C=O) groups excluding carboxylic acids is 1. The lowest BCUT2D eigenvalue weighted by molar-refractivity contribution is -0.137. The van der Waals surface area contributed by atoms with E-state index in [1.165, 1.54) is 24.0 Å². The first-order chi connectivity index (χ1) is 13.6. The quantitative estimate of drug-likeness (QED) is 0.750. The summed E-state index contributed by atoms with van der Waals surface area (Å²) in [6.07, 6.45) is -4.75. The van der Waals surface area contributed by atoms with E-state index in [0.717, 1.165) is 12.1 Å². The second-order valence-corrected chi connectivity index (χ2v) is 6.53. The lowest BCUT2D eigenvalue weighted by Crippen LogP contribution is -2.41. The number of nitrogens with one attached hydrogen (secondary N) is 1. The minimum absolute atomic E-state index is 0.0326. The number of nitriles is 1. The Bertz CT molecular complexity index is 1020. The number of rotatable bonds is 3. The molecule has 1 aliphatic rings. The Morgan fingerprint density at radius 1 is 1.41 bits per heavy atom. The van der Waals surface area contributed by atoms with Crippen LogP contribution in [0.2, 0.25) is 5.02 Å². The van der Waals surface area contributed by atoms with Crippen molar-refractivity contribution in [3.05, 3.63) is 45.9 Å². The topological polar surface area (TPSA) is 78.2 Å². The van der Waals surface area contributed by atoms with Crippen LogP contribution in [-0.4, -0.2) is 30.6 Å². The van der Waals surface area contributed by atoms with Crippen LogP contribution in [0.3, 0.4) is 0 Å².